The molecule has 0 heterocycles. The molecule has 0 aliphatic heterocycles. The molecule has 188 valence electrons. The lowest BCUT2D eigenvalue weighted by Crippen LogP contribution is -2.57. The number of hydrogen-bond donors (Lipinski definition) is 0. The lowest BCUT2D eigenvalue weighted by atomic mass is 9.58. The van der Waals surface area contributed by atoms with Crippen molar-refractivity contribution >= 4 is 18.4 Å². The second-order valence-electron chi connectivity index (χ2n) is 11.5. The average Bonchev–Trinajstić information content (AvgIpc) is 2.86. The van der Waals surface area contributed by atoms with E-state index < -0.39 is 8.07 Å². The van der Waals surface area contributed by atoms with Gasteiger partial charge in [0.15, 0.2) is 6.29 Å². The second-order valence-corrected chi connectivity index (χ2v) is 15.8. The van der Waals surface area contributed by atoms with E-state index in [1.165, 1.54) is 35.7 Å². The highest BCUT2D eigenvalue weighted by atomic mass is 28.3. The molecule has 0 N–H and O–H groups in total. The zero-order chi connectivity index (χ0) is 24.8. The van der Waals surface area contributed by atoms with Crippen LogP contribution in [0.5, 0.6) is 0 Å². The first-order valence-electron chi connectivity index (χ1n) is 13.5. The Morgan fingerprint density at radius 3 is 2.00 bits per heavy atom. The summed E-state index contributed by atoms with van der Waals surface area (Å²) in [5.74, 6) is 2.78. The number of rotatable bonds is 11. The molecule has 0 radical (unpaired) electrons. The van der Waals surface area contributed by atoms with Crippen molar-refractivity contribution in [2.24, 2.45) is 29.1 Å². The molecule has 1 saturated carbocycles. The van der Waals surface area contributed by atoms with Crippen molar-refractivity contribution in [1.82, 2.24) is 0 Å². The van der Waals surface area contributed by atoms with Crippen LogP contribution in [0.25, 0.3) is 0 Å². The van der Waals surface area contributed by atoms with Crippen LogP contribution < -0.4 is 10.4 Å². The molecule has 0 spiro atoms. The Balaban J connectivity index is 2.02. The molecule has 3 heteroatoms. The van der Waals surface area contributed by atoms with Crippen molar-refractivity contribution < 1.29 is 9.47 Å². The Morgan fingerprint density at radius 1 is 0.971 bits per heavy atom. The van der Waals surface area contributed by atoms with E-state index in [1.54, 1.807) is 0 Å². The summed E-state index contributed by atoms with van der Waals surface area (Å²) in [6, 6.07) is 23.7. The summed E-state index contributed by atoms with van der Waals surface area (Å²) in [6.45, 7) is 15.1. The zero-order valence-corrected chi connectivity index (χ0v) is 23.7. The molecule has 0 bridgehead atoms. The quantitative estimate of drug-likeness (QED) is 0.255. The second kappa shape index (κ2) is 12.0. The maximum Gasteiger partial charge on any atom is 0.162 e. The van der Waals surface area contributed by atoms with Gasteiger partial charge in [-0.15, -0.1) is 0 Å². The van der Waals surface area contributed by atoms with Crippen molar-refractivity contribution in [3.63, 3.8) is 0 Å². The fraction of sp³-hybridized carbons (Fsp3) is 0.613. The van der Waals surface area contributed by atoms with Gasteiger partial charge in [0.2, 0.25) is 0 Å². The lowest BCUT2D eigenvalue weighted by Gasteiger charge is -2.51. The Bertz CT molecular complexity index is 813. The Kier molecular flexibility index (Phi) is 9.60. The van der Waals surface area contributed by atoms with E-state index in [1.807, 2.05) is 7.11 Å². The molecule has 0 saturated heterocycles. The van der Waals surface area contributed by atoms with Crippen molar-refractivity contribution in [2.45, 2.75) is 79.2 Å². The molecule has 1 aliphatic rings. The fourth-order valence-electron chi connectivity index (χ4n) is 6.70. The molecule has 3 rings (SSSR count). The average molecular weight is 481 g/mol. The molecule has 2 aromatic rings. The highest BCUT2D eigenvalue weighted by Crippen LogP contribution is 2.52. The molecular weight excluding hydrogens is 432 g/mol. The SMILES string of the molecule is CCOC(OC)C(C)(CC[Si](C)(c1ccccc1)c1ccccc1)C1CC(C)CCC1C(C)C. The minimum atomic E-state index is -1.93. The first-order chi connectivity index (χ1) is 16.3. The predicted molar refractivity (Wildman–Crippen MR) is 149 cm³/mol. The van der Waals surface area contributed by atoms with E-state index in [0.717, 1.165) is 18.3 Å². The highest BCUT2D eigenvalue weighted by molar-refractivity contribution is 7.01. The van der Waals surface area contributed by atoms with Crippen molar-refractivity contribution in [2.75, 3.05) is 13.7 Å². The third kappa shape index (κ3) is 5.86. The number of ether oxygens (including phenoxy) is 2. The van der Waals surface area contributed by atoms with Crippen LogP contribution >= 0.6 is 0 Å². The van der Waals surface area contributed by atoms with Crippen LogP contribution in [-0.4, -0.2) is 28.1 Å². The molecule has 2 nitrogen and oxygen atoms in total. The molecule has 5 unspecified atom stereocenters. The van der Waals surface area contributed by atoms with Gasteiger partial charge in [-0.2, -0.15) is 0 Å². The van der Waals surface area contributed by atoms with Gasteiger partial charge in [-0.05, 0) is 55.9 Å². The molecular formula is C31H48O2Si. The maximum absolute atomic E-state index is 6.34. The van der Waals surface area contributed by atoms with E-state index in [-0.39, 0.29) is 11.7 Å². The van der Waals surface area contributed by atoms with Crippen LogP contribution in [0.3, 0.4) is 0 Å². The Hall–Kier alpha value is -1.42. The largest absolute Gasteiger partial charge is 0.355 e. The summed E-state index contributed by atoms with van der Waals surface area (Å²) < 4.78 is 12.5. The summed E-state index contributed by atoms with van der Waals surface area (Å²) in [5, 5.41) is 3.04. The number of benzene rings is 2. The smallest absolute Gasteiger partial charge is 0.162 e. The van der Waals surface area contributed by atoms with Crippen molar-refractivity contribution in [1.29, 1.82) is 0 Å². The molecule has 34 heavy (non-hydrogen) atoms. The van der Waals surface area contributed by atoms with Gasteiger partial charge in [0.1, 0.15) is 8.07 Å². The maximum atomic E-state index is 6.34. The summed E-state index contributed by atoms with van der Waals surface area (Å²) in [4.78, 5) is 0. The van der Waals surface area contributed by atoms with E-state index in [9.17, 15) is 0 Å². The summed E-state index contributed by atoms with van der Waals surface area (Å²) in [5.41, 5.74) is -0.0216. The first kappa shape index (κ1) is 27.2. The summed E-state index contributed by atoms with van der Waals surface area (Å²) in [7, 11) is -0.0864. The monoisotopic (exact) mass is 480 g/mol. The standard InChI is InChI=1S/C31H48O2Si/c1-8-33-30(32-6)31(5,29-23-25(4)19-20-28(29)24(2)3)21-22-34(7,26-15-11-9-12-16-26)27-17-13-10-14-18-27/h9-18,24-25,28-30H,8,19-23H2,1-7H3. The van der Waals surface area contributed by atoms with Gasteiger partial charge < -0.3 is 9.47 Å². The molecule has 0 aromatic heterocycles. The number of methoxy groups -OCH3 is 1. The van der Waals surface area contributed by atoms with Crippen LogP contribution in [0, 0.1) is 29.1 Å². The van der Waals surface area contributed by atoms with Gasteiger partial charge in [-0.1, -0.05) is 112 Å². The van der Waals surface area contributed by atoms with E-state index >= 15 is 0 Å². The van der Waals surface area contributed by atoms with Gasteiger partial charge >= 0.3 is 0 Å². The minimum Gasteiger partial charge on any atom is -0.355 e. The van der Waals surface area contributed by atoms with Gasteiger partial charge in [0, 0.05) is 19.1 Å². The van der Waals surface area contributed by atoms with E-state index in [0.29, 0.717) is 18.4 Å². The van der Waals surface area contributed by atoms with Gasteiger partial charge in [0.25, 0.3) is 0 Å². The molecule has 0 amide bonds. The lowest BCUT2D eigenvalue weighted by molar-refractivity contribution is -0.216. The summed E-state index contributed by atoms with van der Waals surface area (Å²) in [6.07, 6.45) is 4.91. The Morgan fingerprint density at radius 2 is 1.53 bits per heavy atom. The highest BCUT2D eigenvalue weighted by Gasteiger charge is 2.49. The molecule has 1 aliphatic carbocycles. The fourth-order valence-corrected chi connectivity index (χ4v) is 10.5. The van der Waals surface area contributed by atoms with E-state index in [2.05, 4.69) is 102 Å². The summed E-state index contributed by atoms with van der Waals surface area (Å²) >= 11 is 0. The van der Waals surface area contributed by atoms with Crippen LogP contribution in [-0.2, 0) is 9.47 Å². The van der Waals surface area contributed by atoms with Gasteiger partial charge in [0.05, 0.1) is 0 Å². The minimum absolute atomic E-state index is 0.0216. The third-order valence-electron chi connectivity index (χ3n) is 8.93. The van der Waals surface area contributed by atoms with Gasteiger partial charge in [-0.3, -0.25) is 0 Å². The molecule has 1 fully saturated rings. The normalized spacial score (nSPS) is 24.1. The number of hydrogen-bond acceptors (Lipinski definition) is 2. The predicted octanol–water partition coefficient (Wildman–Crippen LogP) is 6.99. The van der Waals surface area contributed by atoms with Crippen molar-refractivity contribution in [3.05, 3.63) is 60.7 Å². The third-order valence-corrected chi connectivity index (χ3v) is 13.4. The zero-order valence-electron chi connectivity index (χ0n) is 22.7. The van der Waals surface area contributed by atoms with Crippen LogP contribution in [0.4, 0.5) is 0 Å². The van der Waals surface area contributed by atoms with Crippen LogP contribution in [0.15, 0.2) is 60.7 Å². The van der Waals surface area contributed by atoms with Crippen LogP contribution in [0.2, 0.25) is 12.6 Å². The van der Waals surface area contributed by atoms with Gasteiger partial charge in [-0.25, -0.2) is 0 Å². The van der Waals surface area contributed by atoms with Crippen LogP contribution in [0.1, 0.15) is 60.3 Å². The molecule has 2 aromatic carbocycles. The Labute approximate surface area is 210 Å². The molecule has 5 atom stereocenters. The topological polar surface area (TPSA) is 18.5 Å². The first-order valence-corrected chi connectivity index (χ1v) is 16.2. The van der Waals surface area contributed by atoms with E-state index in [4.69, 9.17) is 9.47 Å². The van der Waals surface area contributed by atoms with Crippen molar-refractivity contribution in [3.8, 4) is 0 Å².